The standard InChI is InChI=1S/C25H23ClN2O2S/c1-29-21-10-11-22-23(16-21)31-25(17-2-4-18(26)5-3-17)24(22)30-20-8-6-19(7-9-20)28-14-12-27-13-15-28/h2-11,16,27H,12-15H2,1H3. The third kappa shape index (κ3) is 4.22. The molecule has 0 saturated carbocycles. The van der Waals surface area contributed by atoms with Crippen molar-refractivity contribution in [2.45, 2.75) is 0 Å². The zero-order valence-electron chi connectivity index (χ0n) is 17.2. The molecule has 1 fully saturated rings. The lowest BCUT2D eigenvalue weighted by atomic mass is 10.1. The Morgan fingerprint density at radius 1 is 0.903 bits per heavy atom. The molecule has 4 aromatic rings. The van der Waals surface area contributed by atoms with Crippen LogP contribution in [-0.2, 0) is 0 Å². The third-order valence-electron chi connectivity index (χ3n) is 5.50. The summed E-state index contributed by atoms with van der Waals surface area (Å²) in [6, 6.07) is 22.4. The fourth-order valence-electron chi connectivity index (χ4n) is 3.84. The summed E-state index contributed by atoms with van der Waals surface area (Å²) in [6.45, 7) is 4.09. The van der Waals surface area contributed by atoms with Crippen molar-refractivity contribution in [3.05, 3.63) is 71.8 Å². The quantitative estimate of drug-likeness (QED) is 0.379. The molecule has 1 aliphatic rings. The maximum atomic E-state index is 6.47. The van der Waals surface area contributed by atoms with E-state index in [4.69, 9.17) is 21.1 Å². The van der Waals surface area contributed by atoms with Crippen LogP contribution in [0.3, 0.4) is 0 Å². The molecule has 1 aromatic heterocycles. The van der Waals surface area contributed by atoms with E-state index in [1.165, 1.54) is 5.69 Å². The van der Waals surface area contributed by atoms with Gasteiger partial charge in [-0.2, -0.15) is 0 Å². The first-order valence-electron chi connectivity index (χ1n) is 10.3. The van der Waals surface area contributed by atoms with E-state index in [9.17, 15) is 0 Å². The minimum absolute atomic E-state index is 0.720. The first kappa shape index (κ1) is 20.2. The fourth-order valence-corrected chi connectivity index (χ4v) is 5.13. The van der Waals surface area contributed by atoms with Crippen molar-refractivity contribution in [3.8, 4) is 27.7 Å². The van der Waals surface area contributed by atoms with Crippen molar-refractivity contribution >= 4 is 38.7 Å². The van der Waals surface area contributed by atoms with Gasteiger partial charge in [-0.05, 0) is 60.2 Å². The molecule has 0 unspecified atom stereocenters. The molecular weight excluding hydrogens is 428 g/mol. The largest absolute Gasteiger partial charge is 0.497 e. The van der Waals surface area contributed by atoms with Gasteiger partial charge in [-0.15, -0.1) is 11.3 Å². The van der Waals surface area contributed by atoms with Gasteiger partial charge in [-0.1, -0.05) is 23.7 Å². The molecule has 2 heterocycles. The number of fused-ring (bicyclic) bond motifs is 1. The molecule has 0 atom stereocenters. The second kappa shape index (κ2) is 8.79. The lowest BCUT2D eigenvalue weighted by molar-refractivity contribution is 0.415. The molecule has 0 bridgehead atoms. The predicted molar refractivity (Wildman–Crippen MR) is 130 cm³/mol. The Morgan fingerprint density at radius 2 is 1.61 bits per heavy atom. The van der Waals surface area contributed by atoms with Crippen molar-refractivity contribution in [2.24, 2.45) is 0 Å². The molecule has 0 amide bonds. The van der Waals surface area contributed by atoms with Crippen LogP contribution < -0.4 is 19.7 Å². The number of ether oxygens (including phenoxy) is 2. The van der Waals surface area contributed by atoms with Crippen molar-refractivity contribution in [3.63, 3.8) is 0 Å². The summed E-state index contributed by atoms with van der Waals surface area (Å²) < 4.78 is 13.0. The van der Waals surface area contributed by atoms with Crippen LogP contribution in [0.5, 0.6) is 17.2 Å². The highest BCUT2D eigenvalue weighted by Gasteiger charge is 2.18. The number of methoxy groups -OCH3 is 1. The monoisotopic (exact) mass is 450 g/mol. The molecule has 1 aliphatic heterocycles. The van der Waals surface area contributed by atoms with E-state index < -0.39 is 0 Å². The number of rotatable bonds is 5. The molecule has 3 aromatic carbocycles. The van der Waals surface area contributed by atoms with Gasteiger partial charge in [-0.25, -0.2) is 0 Å². The Labute approximate surface area is 191 Å². The average Bonchev–Trinajstić information content (AvgIpc) is 3.18. The third-order valence-corrected chi connectivity index (χ3v) is 6.93. The highest BCUT2D eigenvalue weighted by atomic mass is 35.5. The number of hydrogen-bond acceptors (Lipinski definition) is 5. The number of nitrogens with zero attached hydrogens (tertiary/aromatic N) is 1. The van der Waals surface area contributed by atoms with Gasteiger partial charge < -0.3 is 19.7 Å². The lowest BCUT2D eigenvalue weighted by Crippen LogP contribution is -2.43. The Hall–Kier alpha value is -2.73. The number of hydrogen-bond donors (Lipinski definition) is 1. The summed E-state index contributed by atoms with van der Waals surface area (Å²) in [5.41, 5.74) is 2.31. The van der Waals surface area contributed by atoms with E-state index in [1.54, 1.807) is 18.4 Å². The summed E-state index contributed by atoms with van der Waals surface area (Å²) in [6.07, 6.45) is 0. The minimum atomic E-state index is 0.720. The first-order valence-corrected chi connectivity index (χ1v) is 11.5. The molecule has 6 heteroatoms. The van der Waals surface area contributed by atoms with Gasteiger partial charge in [0.05, 0.1) is 12.0 Å². The smallest absolute Gasteiger partial charge is 0.153 e. The molecule has 4 nitrogen and oxygen atoms in total. The van der Waals surface area contributed by atoms with Gasteiger partial charge in [0.1, 0.15) is 11.5 Å². The second-order valence-electron chi connectivity index (χ2n) is 7.46. The van der Waals surface area contributed by atoms with Crippen LogP contribution >= 0.6 is 22.9 Å². The highest BCUT2D eigenvalue weighted by molar-refractivity contribution is 7.22. The lowest BCUT2D eigenvalue weighted by Gasteiger charge is -2.29. The van der Waals surface area contributed by atoms with Crippen molar-refractivity contribution in [2.75, 3.05) is 38.2 Å². The Kier molecular flexibility index (Phi) is 5.72. The Bertz CT molecular complexity index is 1180. The summed E-state index contributed by atoms with van der Waals surface area (Å²) in [5, 5.41) is 5.18. The van der Waals surface area contributed by atoms with Crippen LogP contribution in [0.1, 0.15) is 0 Å². The van der Waals surface area contributed by atoms with Crippen LogP contribution in [0.15, 0.2) is 66.7 Å². The summed E-state index contributed by atoms with van der Waals surface area (Å²) >= 11 is 7.81. The first-order chi connectivity index (χ1) is 15.2. The molecule has 1 saturated heterocycles. The van der Waals surface area contributed by atoms with Crippen LogP contribution in [0.2, 0.25) is 5.02 Å². The van der Waals surface area contributed by atoms with Crippen LogP contribution in [0, 0.1) is 0 Å². The van der Waals surface area contributed by atoms with E-state index in [1.807, 2.05) is 30.3 Å². The van der Waals surface area contributed by atoms with Crippen LogP contribution in [0.25, 0.3) is 20.5 Å². The number of anilines is 1. The number of thiophene rings is 1. The zero-order valence-corrected chi connectivity index (χ0v) is 18.8. The molecule has 0 radical (unpaired) electrons. The molecule has 31 heavy (non-hydrogen) atoms. The fraction of sp³-hybridized carbons (Fsp3) is 0.200. The number of benzene rings is 3. The van der Waals surface area contributed by atoms with E-state index >= 15 is 0 Å². The molecule has 0 spiro atoms. The SMILES string of the molecule is COc1ccc2c(Oc3ccc(N4CCNCC4)cc3)c(-c3ccc(Cl)cc3)sc2c1. The van der Waals surface area contributed by atoms with Crippen LogP contribution in [-0.4, -0.2) is 33.3 Å². The van der Waals surface area contributed by atoms with Gasteiger partial charge in [0.25, 0.3) is 0 Å². The number of nitrogens with one attached hydrogen (secondary N) is 1. The van der Waals surface area contributed by atoms with Crippen molar-refractivity contribution < 1.29 is 9.47 Å². The maximum absolute atomic E-state index is 6.47. The van der Waals surface area contributed by atoms with E-state index in [-0.39, 0.29) is 0 Å². The molecule has 158 valence electrons. The Balaban J connectivity index is 1.51. The predicted octanol–water partition coefficient (Wildman–Crippen LogP) is 6.43. The normalized spacial score (nSPS) is 14.1. The molecule has 0 aliphatic carbocycles. The maximum Gasteiger partial charge on any atom is 0.153 e. The molecule has 1 N–H and O–H groups in total. The topological polar surface area (TPSA) is 33.7 Å². The molecule has 5 rings (SSSR count). The van der Waals surface area contributed by atoms with Gasteiger partial charge in [0.2, 0.25) is 0 Å². The molecular formula is C25H23ClN2O2S. The van der Waals surface area contributed by atoms with Gasteiger partial charge >= 0.3 is 0 Å². The number of halogens is 1. The van der Waals surface area contributed by atoms with E-state index in [0.717, 1.165) is 69.0 Å². The highest BCUT2D eigenvalue weighted by Crippen LogP contribution is 2.47. The average molecular weight is 451 g/mol. The summed E-state index contributed by atoms with van der Waals surface area (Å²) in [4.78, 5) is 3.47. The van der Waals surface area contributed by atoms with Crippen molar-refractivity contribution in [1.82, 2.24) is 5.32 Å². The van der Waals surface area contributed by atoms with Gasteiger partial charge in [0.15, 0.2) is 5.75 Å². The summed E-state index contributed by atoms with van der Waals surface area (Å²) in [7, 11) is 1.69. The number of piperazine rings is 1. The summed E-state index contributed by atoms with van der Waals surface area (Å²) in [5.74, 6) is 2.52. The van der Waals surface area contributed by atoms with Gasteiger partial charge in [-0.3, -0.25) is 0 Å². The van der Waals surface area contributed by atoms with Crippen molar-refractivity contribution in [1.29, 1.82) is 0 Å². The van der Waals surface area contributed by atoms with Gasteiger partial charge in [0, 0.05) is 47.0 Å². The van der Waals surface area contributed by atoms with E-state index in [2.05, 4.69) is 46.6 Å². The van der Waals surface area contributed by atoms with E-state index in [0.29, 0.717) is 0 Å². The zero-order chi connectivity index (χ0) is 21.2. The Morgan fingerprint density at radius 3 is 2.32 bits per heavy atom. The minimum Gasteiger partial charge on any atom is -0.497 e. The van der Waals surface area contributed by atoms with Crippen LogP contribution in [0.4, 0.5) is 5.69 Å². The second-order valence-corrected chi connectivity index (χ2v) is 8.95.